The van der Waals surface area contributed by atoms with Crippen molar-refractivity contribution in [3.8, 4) is 0 Å². The van der Waals surface area contributed by atoms with Crippen LogP contribution in [-0.4, -0.2) is 50.2 Å². The highest BCUT2D eigenvalue weighted by atomic mass is 16.4. The van der Waals surface area contributed by atoms with Crippen LogP contribution in [0, 0.1) is 12.3 Å². The quantitative estimate of drug-likeness (QED) is 0.737. The molecular formula is C20H27N3O3. The largest absolute Gasteiger partial charge is 0.481 e. The number of nitrogens with zero attached hydrogens (tertiary/aromatic N) is 2. The minimum absolute atomic E-state index is 0.340. The summed E-state index contributed by atoms with van der Waals surface area (Å²) in [6, 6.07) is 9.55. The van der Waals surface area contributed by atoms with Crippen LogP contribution in [0.3, 0.4) is 0 Å². The normalized spacial score (nSPS) is 23.9. The summed E-state index contributed by atoms with van der Waals surface area (Å²) < 4.78 is 0. The number of aliphatic carboxylic acids is 1. The lowest BCUT2D eigenvalue weighted by atomic mass is 9.71. The maximum absolute atomic E-state index is 12.1. The molecule has 2 aromatic rings. The van der Waals surface area contributed by atoms with E-state index in [0.717, 1.165) is 29.2 Å². The van der Waals surface area contributed by atoms with Crippen molar-refractivity contribution in [3.63, 3.8) is 0 Å². The van der Waals surface area contributed by atoms with E-state index < -0.39 is 17.5 Å². The van der Waals surface area contributed by atoms with E-state index in [2.05, 4.69) is 21.8 Å². The third-order valence-corrected chi connectivity index (χ3v) is 5.47. The van der Waals surface area contributed by atoms with Crippen LogP contribution in [0.4, 0.5) is 0 Å². The van der Waals surface area contributed by atoms with Crippen LogP contribution in [0.25, 0.3) is 0 Å². The molecule has 1 aliphatic rings. The minimum atomic E-state index is -1.13. The third-order valence-electron chi connectivity index (χ3n) is 5.47. The molecule has 0 radical (unpaired) electrons. The standard InChI is InChI=1S/C20H27N3O3/c1-3-18-21-14(2)16(22-18)12-23-10-9-20(19(25)26,17(24)13-23)11-15-7-5-4-6-8-15/h4-8,17,24H,3,9-13H2,1-2H3,(H,21,22)(H,25,26)/t17-,20+/m0/s1. The molecule has 0 saturated carbocycles. The van der Waals surface area contributed by atoms with Gasteiger partial charge in [0.2, 0.25) is 0 Å². The Morgan fingerprint density at radius 3 is 2.69 bits per heavy atom. The Hall–Kier alpha value is -2.18. The first-order chi connectivity index (χ1) is 12.4. The van der Waals surface area contributed by atoms with Gasteiger partial charge in [0.1, 0.15) is 11.2 Å². The number of rotatable bonds is 6. The fraction of sp³-hybridized carbons (Fsp3) is 0.500. The van der Waals surface area contributed by atoms with E-state index in [0.29, 0.717) is 32.5 Å². The number of piperidine rings is 1. The van der Waals surface area contributed by atoms with E-state index in [1.807, 2.05) is 37.3 Å². The highest BCUT2D eigenvalue weighted by Crippen LogP contribution is 2.36. The molecule has 0 unspecified atom stereocenters. The van der Waals surface area contributed by atoms with Gasteiger partial charge in [0, 0.05) is 25.2 Å². The number of aryl methyl sites for hydroxylation is 2. The Bertz CT molecular complexity index is 759. The molecular weight excluding hydrogens is 330 g/mol. The van der Waals surface area contributed by atoms with Crippen LogP contribution in [0.1, 0.15) is 36.1 Å². The van der Waals surface area contributed by atoms with Crippen LogP contribution in [0.5, 0.6) is 0 Å². The summed E-state index contributed by atoms with van der Waals surface area (Å²) in [5.41, 5.74) is 1.82. The maximum Gasteiger partial charge on any atom is 0.312 e. The summed E-state index contributed by atoms with van der Waals surface area (Å²) >= 11 is 0. The molecule has 1 fully saturated rings. The van der Waals surface area contributed by atoms with Crippen molar-refractivity contribution in [2.24, 2.45) is 5.41 Å². The van der Waals surface area contributed by atoms with Crippen LogP contribution in [0.15, 0.2) is 30.3 Å². The fourth-order valence-corrected chi connectivity index (χ4v) is 3.77. The zero-order valence-electron chi connectivity index (χ0n) is 15.4. The van der Waals surface area contributed by atoms with Crippen molar-refractivity contribution < 1.29 is 15.0 Å². The number of imidazole rings is 1. The summed E-state index contributed by atoms with van der Waals surface area (Å²) in [5, 5.41) is 20.6. The molecule has 1 aromatic heterocycles. The van der Waals surface area contributed by atoms with E-state index in [-0.39, 0.29) is 0 Å². The number of aliphatic hydroxyl groups is 1. The van der Waals surface area contributed by atoms with Crippen LogP contribution >= 0.6 is 0 Å². The first kappa shape index (κ1) is 18.6. The van der Waals surface area contributed by atoms with Crippen molar-refractivity contribution in [3.05, 3.63) is 53.1 Å². The van der Waals surface area contributed by atoms with E-state index in [1.54, 1.807) is 0 Å². The molecule has 1 aromatic carbocycles. The smallest absolute Gasteiger partial charge is 0.312 e. The predicted octanol–water partition coefficient (Wildman–Crippen LogP) is 2.16. The SMILES string of the molecule is CCc1nc(CN2CC[C@](Cc3ccccc3)(C(=O)O)[C@@H](O)C2)c(C)[nH]1. The number of likely N-dealkylation sites (tertiary alicyclic amines) is 1. The number of carbonyl (C=O) groups is 1. The van der Waals surface area contributed by atoms with Crippen molar-refractivity contribution in [2.75, 3.05) is 13.1 Å². The number of carboxylic acid groups (broad SMARTS) is 1. The van der Waals surface area contributed by atoms with E-state index in [1.165, 1.54) is 0 Å². The van der Waals surface area contributed by atoms with Crippen molar-refractivity contribution >= 4 is 5.97 Å². The highest BCUT2D eigenvalue weighted by molar-refractivity contribution is 5.76. The summed E-state index contributed by atoms with van der Waals surface area (Å²) in [6.07, 6.45) is 0.698. The van der Waals surface area contributed by atoms with Crippen molar-refractivity contribution in [1.82, 2.24) is 14.9 Å². The summed E-state index contributed by atoms with van der Waals surface area (Å²) in [5.74, 6) is 0.0386. The number of nitrogens with one attached hydrogen (secondary N) is 1. The molecule has 140 valence electrons. The van der Waals surface area contributed by atoms with Gasteiger partial charge in [-0.1, -0.05) is 37.3 Å². The van der Waals surface area contributed by atoms with E-state index >= 15 is 0 Å². The molecule has 0 amide bonds. The fourth-order valence-electron chi connectivity index (χ4n) is 3.77. The number of carboxylic acids is 1. The van der Waals surface area contributed by atoms with Gasteiger partial charge in [-0.25, -0.2) is 4.98 Å². The molecule has 1 saturated heterocycles. The lowest BCUT2D eigenvalue weighted by Gasteiger charge is -2.42. The Labute approximate surface area is 153 Å². The minimum Gasteiger partial charge on any atom is -0.481 e. The molecule has 2 atom stereocenters. The number of aliphatic hydroxyl groups excluding tert-OH is 1. The molecule has 3 N–H and O–H groups in total. The van der Waals surface area contributed by atoms with Gasteiger partial charge in [-0.15, -0.1) is 0 Å². The highest BCUT2D eigenvalue weighted by Gasteiger charge is 2.48. The number of benzene rings is 1. The summed E-state index contributed by atoms with van der Waals surface area (Å²) in [4.78, 5) is 22.0. The molecule has 2 heterocycles. The van der Waals surface area contributed by atoms with Gasteiger partial charge >= 0.3 is 5.97 Å². The number of hydrogen-bond donors (Lipinski definition) is 3. The van der Waals surface area contributed by atoms with Crippen LogP contribution in [-0.2, 0) is 24.2 Å². The van der Waals surface area contributed by atoms with Crippen LogP contribution in [0.2, 0.25) is 0 Å². The van der Waals surface area contributed by atoms with Gasteiger partial charge in [-0.2, -0.15) is 0 Å². The maximum atomic E-state index is 12.1. The van der Waals surface area contributed by atoms with Gasteiger partial charge in [-0.05, 0) is 31.9 Å². The summed E-state index contributed by atoms with van der Waals surface area (Å²) in [7, 11) is 0. The first-order valence-corrected chi connectivity index (χ1v) is 9.16. The topological polar surface area (TPSA) is 89.5 Å². The average Bonchev–Trinajstić information content (AvgIpc) is 2.98. The van der Waals surface area contributed by atoms with E-state index in [9.17, 15) is 15.0 Å². The molecule has 6 nitrogen and oxygen atoms in total. The molecule has 6 heteroatoms. The van der Waals surface area contributed by atoms with Crippen LogP contribution < -0.4 is 0 Å². The Kier molecular flexibility index (Phi) is 5.44. The van der Waals surface area contributed by atoms with Crippen molar-refractivity contribution in [1.29, 1.82) is 0 Å². The number of aromatic nitrogens is 2. The lowest BCUT2D eigenvalue weighted by Crippen LogP contribution is -2.55. The predicted molar refractivity (Wildman–Crippen MR) is 98.8 cm³/mol. The number of H-pyrrole nitrogens is 1. The summed E-state index contributed by atoms with van der Waals surface area (Å²) in [6.45, 7) is 5.65. The molecule has 0 bridgehead atoms. The molecule has 26 heavy (non-hydrogen) atoms. The zero-order valence-corrected chi connectivity index (χ0v) is 15.4. The third kappa shape index (κ3) is 3.66. The Balaban J connectivity index is 1.72. The average molecular weight is 357 g/mol. The zero-order chi connectivity index (χ0) is 18.7. The Morgan fingerprint density at radius 1 is 1.38 bits per heavy atom. The van der Waals surface area contributed by atoms with Gasteiger partial charge < -0.3 is 15.2 Å². The Morgan fingerprint density at radius 2 is 2.12 bits per heavy atom. The second-order valence-corrected chi connectivity index (χ2v) is 7.23. The monoisotopic (exact) mass is 357 g/mol. The van der Waals surface area contributed by atoms with Gasteiger partial charge in [0.05, 0.1) is 11.8 Å². The van der Waals surface area contributed by atoms with Gasteiger partial charge in [0.15, 0.2) is 0 Å². The molecule has 1 aliphatic heterocycles. The number of hydrogen-bond acceptors (Lipinski definition) is 4. The van der Waals surface area contributed by atoms with Gasteiger partial charge in [-0.3, -0.25) is 9.69 Å². The second kappa shape index (κ2) is 7.60. The second-order valence-electron chi connectivity index (χ2n) is 7.23. The number of aromatic amines is 1. The molecule has 0 spiro atoms. The van der Waals surface area contributed by atoms with E-state index in [4.69, 9.17) is 0 Å². The molecule has 3 rings (SSSR count). The van der Waals surface area contributed by atoms with Gasteiger partial charge in [0.25, 0.3) is 0 Å². The molecule has 0 aliphatic carbocycles. The first-order valence-electron chi connectivity index (χ1n) is 9.16. The number of β-amino-alcohol motifs (C(OH)–C–C–N with tert-alkyl or cyclic N) is 1. The lowest BCUT2D eigenvalue weighted by molar-refractivity contribution is -0.163. The van der Waals surface area contributed by atoms with Crippen molar-refractivity contribution in [2.45, 2.75) is 45.8 Å².